The minimum Gasteiger partial charge on any atom is -0.0654 e. The quantitative estimate of drug-likeness (QED) is 0.522. The van der Waals surface area contributed by atoms with Crippen molar-refractivity contribution in [3.05, 3.63) is 0 Å². The van der Waals surface area contributed by atoms with Crippen LogP contribution < -0.4 is 0 Å². The summed E-state index contributed by atoms with van der Waals surface area (Å²) in [5.74, 6) is 1.90. The van der Waals surface area contributed by atoms with Gasteiger partial charge in [0.25, 0.3) is 0 Å². The third-order valence-corrected chi connectivity index (χ3v) is 2.87. The van der Waals surface area contributed by atoms with E-state index in [1.807, 2.05) is 0 Å². The lowest BCUT2D eigenvalue weighted by atomic mass is 9.95. The Morgan fingerprint density at radius 2 is 1.42 bits per heavy atom. The fourth-order valence-corrected chi connectivity index (χ4v) is 1.66. The molecule has 0 aromatic rings. The second-order valence-electron chi connectivity index (χ2n) is 4.34. The fraction of sp³-hybridized carbons (Fsp3) is 1.00. The predicted molar refractivity (Wildman–Crippen MR) is 57.4 cm³/mol. The minimum atomic E-state index is 0.943. The van der Waals surface area contributed by atoms with Crippen molar-refractivity contribution in [1.82, 2.24) is 0 Å². The molecule has 2 atom stereocenters. The van der Waals surface area contributed by atoms with Gasteiger partial charge in [-0.1, -0.05) is 66.2 Å². The summed E-state index contributed by atoms with van der Waals surface area (Å²) >= 11 is 0. The zero-order chi connectivity index (χ0) is 9.40. The lowest BCUT2D eigenvalue weighted by molar-refractivity contribution is 0.416. The maximum Gasteiger partial charge on any atom is -0.0443 e. The van der Waals surface area contributed by atoms with Gasteiger partial charge in [0, 0.05) is 0 Å². The first-order valence-electron chi connectivity index (χ1n) is 5.70. The maximum atomic E-state index is 2.39. The van der Waals surface area contributed by atoms with E-state index in [-0.39, 0.29) is 0 Å². The molecule has 0 fully saturated rings. The van der Waals surface area contributed by atoms with Crippen LogP contribution in [0.3, 0.4) is 0 Å². The van der Waals surface area contributed by atoms with E-state index in [9.17, 15) is 0 Å². The molecule has 0 N–H and O–H groups in total. The van der Waals surface area contributed by atoms with E-state index in [4.69, 9.17) is 0 Å². The van der Waals surface area contributed by atoms with E-state index >= 15 is 0 Å². The molecule has 74 valence electrons. The topological polar surface area (TPSA) is 0 Å². The average molecular weight is 170 g/mol. The third kappa shape index (κ3) is 6.69. The van der Waals surface area contributed by atoms with Crippen molar-refractivity contribution in [2.75, 3.05) is 0 Å². The van der Waals surface area contributed by atoms with Crippen molar-refractivity contribution in [2.24, 2.45) is 11.8 Å². The maximum absolute atomic E-state index is 2.39. The molecule has 0 aliphatic carbocycles. The molecule has 0 radical (unpaired) electrons. The summed E-state index contributed by atoms with van der Waals surface area (Å²) in [6.45, 7) is 9.33. The SMILES string of the molecule is CCC[C@H](C)CCC[C@@H](C)CC. The summed E-state index contributed by atoms with van der Waals surface area (Å²) in [5, 5.41) is 0. The summed E-state index contributed by atoms with van der Waals surface area (Å²) in [7, 11) is 0. The first-order valence-corrected chi connectivity index (χ1v) is 5.70. The van der Waals surface area contributed by atoms with Crippen LogP contribution in [0, 0.1) is 11.8 Å². The van der Waals surface area contributed by atoms with Gasteiger partial charge in [0.05, 0.1) is 0 Å². The monoisotopic (exact) mass is 170 g/mol. The van der Waals surface area contributed by atoms with Crippen LogP contribution in [-0.4, -0.2) is 0 Å². The summed E-state index contributed by atoms with van der Waals surface area (Å²) in [4.78, 5) is 0. The lowest BCUT2D eigenvalue weighted by Crippen LogP contribution is -1.97. The Morgan fingerprint density at radius 1 is 0.833 bits per heavy atom. The molecule has 0 heterocycles. The van der Waals surface area contributed by atoms with Crippen LogP contribution in [0.15, 0.2) is 0 Å². The van der Waals surface area contributed by atoms with E-state index in [2.05, 4.69) is 27.7 Å². The van der Waals surface area contributed by atoms with Gasteiger partial charge in [0.15, 0.2) is 0 Å². The zero-order valence-corrected chi connectivity index (χ0v) is 9.40. The third-order valence-electron chi connectivity index (χ3n) is 2.87. The molecule has 0 aliphatic heterocycles. The molecule has 0 bridgehead atoms. The largest absolute Gasteiger partial charge is 0.0654 e. The second kappa shape index (κ2) is 7.64. The fourth-order valence-electron chi connectivity index (χ4n) is 1.66. The Labute approximate surface area is 78.8 Å². The van der Waals surface area contributed by atoms with E-state index in [1.54, 1.807) is 0 Å². The van der Waals surface area contributed by atoms with Crippen molar-refractivity contribution in [2.45, 2.75) is 66.2 Å². The van der Waals surface area contributed by atoms with Crippen LogP contribution in [-0.2, 0) is 0 Å². The average Bonchev–Trinajstić information content (AvgIpc) is 2.04. The van der Waals surface area contributed by atoms with Gasteiger partial charge in [-0.3, -0.25) is 0 Å². The van der Waals surface area contributed by atoms with Crippen molar-refractivity contribution in [3.63, 3.8) is 0 Å². The number of rotatable bonds is 7. The Hall–Kier alpha value is 0. The van der Waals surface area contributed by atoms with Crippen molar-refractivity contribution < 1.29 is 0 Å². The normalized spacial score (nSPS) is 16.0. The molecule has 0 spiro atoms. The second-order valence-corrected chi connectivity index (χ2v) is 4.34. The molecule has 0 saturated carbocycles. The molecule has 0 aliphatic rings. The molecule has 0 nitrogen and oxygen atoms in total. The highest BCUT2D eigenvalue weighted by Crippen LogP contribution is 2.17. The first-order chi connectivity index (χ1) is 5.70. The summed E-state index contributed by atoms with van der Waals surface area (Å²) in [6, 6.07) is 0. The molecule has 0 saturated heterocycles. The van der Waals surface area contributed by atoms with Gasteiger partial charge >= 0.3 is 0 Å². The van der Waals surface area contributed by atoms with Crippen LogP contribution >= 0.6 is 0 Å². The van der Waals surface area contributed by atoms with Crippen LogP contribution in [0.4, 0.5) is 0 Å². The van der Waals surface area contributed by atoms with Gasteiger partial charge in [-0.2, -0.15) is 0 Å². The number of hydrogen-bond acceptors (Lipinski definition) is 0. The van der Waals surface area contributed by atoms with Gasteiger partial charge in [-0.05, 0) is 11.8 Å². The minimum absolute atomic E-state index is 0.943. The van der Waals surface area contributed by atoms with E-state index < -0.39 is 0 Å². The van der Waals surface area contributed by atoms with E-state index in [1.165, 1.54) is 38.5 Å². The van der Waals surface area contributed by atoms with Crippen molar-refractivity contribution in [3.8, 4) is 0 Å². The lowest BCUT2D eigenvalue weighted by Gasteiger charge is -2.11. The van der Waals surface area contributed by atoms with Crippen molar-refractivity contribution in [1.29, 1.82) is 0 Å². The Balaban J connectivity index is 3.18. The number of hydrogen-bond donors (Lipinski definition) is 0. The van der Waals surface area contributed by atoms with Gasteiger partial charge in [-0.25, -0.2) is 0 Å². The van der Waals surface area contributed by atoms with E-state index in [0.29, 0.717) is 0 Å². The van der Waals surface area contributed by atoms with Gasteiger partial charge < -0.3 is 0 Å². The Bertz CT molecular complexity index is 86.0. The van der Waals surface area contributed by atoms with Gasteiger partial charge in [-0.15, -0.1) is 0 Å². The summed E-state index contributed by atoms with van der Waals surface area (Å²) in [6.07, 6.45) is 8.44. The summed E-state index contributed by atoms with van der Waals surface area (Å²) in [5.41, 5.74) is 0. The van der Waals surface area contributed by atoms with Crippen LogP contribution in [0.25, 0.3) is 0 Å². The highest BCUT2D eigenvalue weighted by Gasteiger charge is 2.02. The molecular formula is C12H26. The van der Waals surface area contributed by atoms with Crippen LogP contribution in [0.2, 0.25) is 0 Å². The Morgan fingerprint density at radius 3 is 1.92 bits per heavy atom. The molecule has 0 aromatic heterocycles. The highest BCUT2D eigenvalue weighted by atomic mass is 14.1. The Kier molecular flexibility index (Phi) is 7.64. The smallest absolute Gasteiger partial charge is 0.0443 e. The summed E-state index contributed by atoms with van der Waals surface area (Å²) < 4.78 is 0. The first kappa shape index (κ1) is 12.0. The highest BCUT2D eigenvalue weighted by molar-refractivity contribution is 4.55. The molecule has 0 unspecified atom stereocenters. The molecule has 0 heteroatoms. The zero-order valence-electron chi connectivity index (χ0n) is 9.40. The van der Waals surface area contributed by atoms with Crippen molar-refractivity contribution >= 4 is 0 Å². The standard InChI is InChI=1S/C12H26/c1-5-8-12(4)10-7-9-11(3)6-2/h11-12H,5-10H2,1-4H3/t11-,12-/m0/s1. The molecule has 0 rings (SSSR count). The van der Waals surface area contributed by atoms with E-state index in [0.717, 1.165) is 11.8 Å². The molecule has 0 amide bonds. The van der Waals surface area contributed by atoms with Crippen LogP contribution in [0.1, 0.15) is 66.2 Å². The van der Waals surface area contributed by atoms with Gasteiger partial charge in [0.1, 0.15) is 0 Å². The van der Waals surface area contributed by atoms with Gasteiger partial charge in [0.2, 0.25) is 0 Å². The van der Waals surface area contributed by atoms with Crippen LogP contribution in [0.5, 0.6) is 0 Å². The molecule has 0 aromatic carbocycles. The molecule has 12 heavy (non-hydrogen) atoms. The molecular weight excluding hydrogens is 144 g/mol. The predicted octanol–water partition coefficient (Wildman–Crippen LogP) is 4.64.